The quantitative estimate of drug-likeness (QED) is 0.741. The molecule has 0 saturated carbocycles. The third kappa shape index (κ3) is 2.74. The Morgan fingerprint density at radius 2 is 2.31 bits per heavy atom. The standard InChI is InChI=1S/C9H12N2O2/c1-6(2)11-8-5-7(9(12)13)3-4-10-8/h3-6H,1-2H3,(H,10,11)(H,12,13). The van der Waals surface area contributed by atoms with E-state index in [4.69, 9.17) is 5.11 Å². The summed E-state index contributed by atoms with van der Waals surface area (Å²) < 4.78 is 0. The summed E-state index contributed by atoms with van der Waals surface area (Å²) in [5.41, 5.74) is 0.248. The zero-order chi connectivity index (χ0) is 9.84. The molecule has 13 heavy (non-hydrogen) atoms. The van der Waals surface area contributed by atoms with Crippen molar-refractivity contribution >= 4 is 11.8 Å². The van der Waals surface area contributed by atoms with Gasteiger partial charge in [-0.1, -0.05) is 0 Å². The molecule has 0 aliphatic carbocycles. The number of aromatic carboxylic acids is 1. The fourth-order valence-corrected chi connectivity index (χ4v) is 0.938. The summed E-state index contributed by atoms with van der Waals surface area (Å²) in [6, 6.07) is 3.23. The molecule has 1 aromatic heterocycles. The molecule has 0 unspecified atom stereocenters. The molecule has 0 saturated heterocycles. The first-order chi connectivity index (χ1) is 6.09. The van der Waals surface area contributed by atoms with Gasteiger partial charge in [-0.25, -0.2) is 9.78 Å². The predicted octanol–water partition coefficient (Wildman–Crippen LogP) is 1.60. The predicted molar refractivity (Wildman–Crippen MR) is 50.0 cm³/mol. The first-order valence-corrected chi connectivity index (χ1v) is 4.05. The molecule has 0 aliphatic rings. The highest BCUT2D eigenvalue weighted by atomic mass is 16.4. The topological polar surface area (TPSA) is 62.2 Å². The molecule has 0 atom stereocenters. The molecule has 0 radical (unpaired) electrons. The lowest BCUT2D eigenvalue weighted by molar-refractivity contribution is 0.0697. The van der Waals surface area contributed by atoms with Crippen LogP contribution in [0.3, 0.4) is 0 Å². The number of aromatic nitrogens is 1. The number of carboxylic acid groups (broad SMARTS) is 1. The molecule has 0 fully saturated rings. The molecule has 0 aromatic carbocycles. The third-order valence-electron chi connectivity index (χ3n) is 1.44. The first kappa shape index (κ1) is 9.51. The number of nitrogens with zero attached hydrogens (tertiary/aromatic N) is 1. The van der Waals surface area contributed by atoms with Gasteiger partial charge in [0.15, 0.2) is 0 Å². The fraction of sp³-hybridized carbons (Fsp3) is 0.333. The van der Waals surface area contributed by atoms with Crippen molar-refractivity contribution in [2.45, 2.75) is 19.9 Å². The van der Waals surface area contributed by atoms with Gasteiger partial charge in [-0.2, -0.15) is 0 Å². The Hall–Kier alpha value is -1.58. The Balaban J connectivity index is 2.85. The third-order valence-corrected chi connectivity index (χ3v) is 1.44. The second-order valence-electron chi connectivity index (χ2n) is 3.03. The highest BCUT2D eigenvalue weighted by molar-refractivity contribution is 5.88. The zero-order valence-electron chi connectivity index (χ0n) is 7.61. The number of hydrogen-bond acceptors (Lipinski definition) is 3. The molecular weight excluding hydrogens is 168 g/mol. The molecule has 0 bridgehead atoms. The summed E-state index contributed by atoms with van der Waals surface area (Å²) in [5, 5.41) is 11.7. The van der Waals surface area contributed by atoms with E-state index in [-0.39, 0.29) is 11.6 Å². The van der Waals surface area contributed by atoms with Gasteiger partial charge in [0, 0.05) is 12.2 Å². The lowest BCUT2D eigenvalue weighted by atomic mass is 10.2. The van der Waals surface area contributed by atoms with Crippen LogP contribution in [0.15, 0.2) is 18.3 Å². The molecule has 70 valence electrons. The maximum absolute atomic E-state index is 10.6. The van der Waals surface area contributed by atoms with Gasteiger partial charge >= 0.3 is 5.97 Å². The van der Waals surface area contributed by atoms with Crippen molar-refractivity contribution in [2.75, 3.05) is 5.32 Å². The number of anilines is 1. The average molecular weight is 180 g/mol. The largest absolute Gasteiger partial charge is 0.478 e. The second kappa shape index (κ2) is 3.89. The monoisotopic (exact) mass is 180 g/mol. The maximum Gasteiger partial charge on any atom is 0.335 e. The van der Waals surface area contributed by atoms with Gasteiger partial charge in [0.25, 0.3) is 0 Å². The Morgan fingerprint density at radius 3 is 2.85 bits per heavy atom. The number of carboxylic acids is 1. The normalized spacial score (nSPS) is 10.1. The first-order valence-electron chi connectivity index (χ1n) is 4.05. The van der Waals surface area contributed by atoms with Crippen molar-refractivity contribution in [3.8, 4) is 0 Å². The van der Waals surface area contributed by atoms with Crippen LogP contribution in [0, 0.1) is 0 Å². The van der Waals surface area contributed by atoms with Gasteiger partial charge in [-0.15, -0.1) is 0 Å². The molecular formula is C9H12N2O2. The van der Waals surface area contributed by atoms with E-state index in [0.29, 0.717) is 5.82 Å². The van der Waals surface area contributed by atoms with Crippen LogP contribution in [-0.2, 0) is 0 Å². The van der Waals surface area contributed by atoms with Crippen molar-refractivity contribution in [2.24, 2.45) is 0 Å². The summed E-state index contributed by atoms with van der Waals surface area (Å²) in [7, 11) is 0. The number of hydrogen-bond donors (Lipinski definition) is 2. The van der Waals surface area contributed by atoms with Crippen LogP contribution in [-0.4, -0.2) is 22.1 Å². The number of pyridine rings is 1. The SMILES string of the molecule is CC(C)Nc1cc(C(=O)O)ccn1. The van der Waals surface area contributed by atoms with Crippen molar-refractivity contribution in [1.82, 2.24) is 4.98 Å². The molecule has 0 amide bonds. The van der Waals surface area contributed by atoms with Crippen LogP contribution in [0.2, 0.25) is 0 Å². The summed E-state index contributed by atoms with van der Waals surface area (Å²) in [5.74, 6) is -0.343. The minimum atomic E-state index is -0.936. The molecule has 0 spiro atoms. The molecule has 0 aliphatic heterocycles. The fourth-order valence-electron chi connectivity index (χ4n) is 0.938. The highest BCUT2D eigenvalue weighted by Crippen LogP contribution is 2.07. The lowest BCUT2D eigenvalue weighted by Crippen LogP contribution is -2.11. The van der Waals surface area contributed by atoms with Crippen LogP contribution in [0.4, 0.5) is 5.82 Å². The summed E-state index contributed by atoms with van der Waals surface area (Å²) in [6.07, 6.45) is 1.48. The lowest BCUT2D eigenvalue weighted by Gasteiger charge is -2.08. The molecule has 1 rings (SSSR count). The smallest absolute Gasteiger partial charge is 0.335 e. The van der Waals surface area contributed by atoms with Gasteiger partial charge < -0.3 is 10.4 Å². The van der Waals surface area contributed by atoms with Crippen LogP contribution in [0.25, 0.3) is 0 Å². The molecule has 4 heteroatoms. The minimum Gasteiger partial charge on any atom is -0.478 e. The number of rotatable bonds is 3. The Kier molecular flexibility index (Phi) is 2.84. The van der Waals surface area contributed by atoms with E-state index >= 15 is 0 Å². The molecule has 4 nitrogen and oxygen atoms in total. The van der Waals surface area contributed by atoms with E-state index in [1.165, 1.54) is 18.3 Å². The molecule has 1 aromatic rings. The summed E-state index contributed by atoms with van der Waals surface area (Å²) in [6.45, 7) is 3.93. The van der Waals surface area contributed by atoms with E-state index in [1.54, 1.807) is 0 Å². The van der Waals surface area contributed by atoms with Crippen molar-refractivity contribution < 1.29 is 9.90 Å². The van der Waals surface area contributed by atoms with E-state index in [2.05, 4.69) is 10.3 Å². The van der Waals surface area contributed by atoms with E-state index in [9.17, 15) is 4.79 Å². The van der Waals surface area contributed by atoms with Crippen molar-refractivity contribution in [1.29, 1.82) is 0 Å². The maximum atomic E-state index is 10.6. The van der Waals surface area contributed by atoms with Crippen molar-refractivity contribution in [3.05, 3.63) is 23.9 Å². The number of carbonyl (C=O) groups is 1. The molecule has 1 heterocycles. The van der Waals surface area contributed by atoms with Crippen LogP contribution in [0.1, 0.15) is 24.2 Å². The van der Waals surface area contributed by atoms with E-state index < -0.39 is 5.97 Å². The van der Waals surface area contributed by atoms with Gasteiger partial charge in [-0.05, 0) is 26.0 Å². The van der Waals surface area contributed by atoms with Gasteiger partial charge in [0.2, 0.25) is 0 Å². The average Bonchev–Trinajstić information content (AvgIpc) is 2.03. The van der Waals surface area contributed by atoms with Gasteiger partial charge in [0.05, 0.1) is 5.56 Å². The Morgan fingerprint density at radius 1 is 1.62 bits per heavy atom. The van der Waals surface area contributed by atoms with Gasteiger partial charge in [-0.3, -0.25) is 0 Å². The van der Waals surface area contributed by atoms with Crippen LogP contribution >= 0.6 is 0 Å². The van der Waals surface area contributed by atoms with Crippen LogP contribution in [0.5, 0.6) is 0 Å². The zero-order valence-corrected chi connectivity index (χ0v) is 7.61. The van der Waals surface area contributed by atoms with Crippen LogP contribution < -0.4 is 5.32 Å². The van der Waals surface area contributed by atoms with E-state index in [1.807, 2.05) is 13.8 Å². The summed E-state index contributed by atoms with van der Waals surface area (Å²) in [4.78, 5) is 14.6. The summed E-state index contributed by atoms with van der Waals surface area (Å²) >= 11 is 0. The molecule has 2 N–H and O–H groups in total. The second-order valence-corrected chi connectivity index (χ2v) is 3.03. The minimum absolute atomic E-state index is 0.247. The number of nitrogens with one attached hydrogen (secondary N) is 1. The highest BCUT2D eigenvalue weighted by Gasteiger charge is 2.04. The Bertz CT molecular complexity index is 310. The van der Waals surface area contributed by atoms with Gasteiger partial charge in [0.1, 0.15) is 5.82 Å². The van der Waals surface area contributed by atoms with Crippen molar-refractivity contribution in [3.63, 3.8) is 0 Å². The van der Waals surface area contributed by atoms with E-state index in [0.717, 1.165) is 0 Å². The Labute approximate surface area is 76.6 Å².